The number of carbonyl (C=O) groups is 2. The smallest absolute Gasteiger partial charge is 0.252 e. The highest BCUT2D eigenvalue weighted by molar-refractivity contribution is 6.07. The fourth-order valence-corrected chi connectivity index (χ4v) is 2.02. The van der Waals surface area contributed by atoms with E-state index in [1.807, 2.05) is 13.8 Å². The molecule has 0 aliphatic rings. The van der Waals surface area contributed by atoms with Gasteiger partial charge in [-0.15, -0.1) is 0 Å². The molecule has 110 valence electrons. The lowest BCUT2D eigenvalue weighted by atomic mass is 10.0. The topological polar surface area (TPSA) is 58.2 Å². The first-order valence-electron chi connectivity index (χ1n) is 7.28. The maximum atomic E-state index is 12.3. The van der Waals surface area contributed by atoms with E-state index < -0.39 is 0 Å². The molecule has 4 nitrogen and oxygen atoms in total. The number of hydrogen-bond donors (Lipinski definition) is 2. The highest BCUT2D eigenvalue weighted by Crippen LogP contribution is 2.10. The van der Waals surface area contributed by atoms with Crippen LogP contribution in [0.25, 0.3) is 0 Å². The Balaban J connectivity index is 2.79. The van der Waals surface area contributed by atoms with Crippen molar-refractivity contribution >= 4 is 11.8 Å². The standard InChI is InChI=1S/C16H24N2O2/c1-4-6-9-12(3)18-16(20)14-11-8-7-10-13(14)15(19)17-5-2/h7-8,10-12H,4-6,9H2,1-3H3,(H,17,19)(H,18,20). The molecule has 0 saturated carbocycles. The van der Waals surface area contributed by atoms with Crippen LogP contribution in [-0.2, 0) is 0 Å². The molecule has 0 aromatic heterocycles. The van der Waals surface area contributed by atoms with Gasteiger partial charge in [-0.2, -0.15) is 0 Å². The van der Waals surface area contributed by atoms with Crippen molar-refractivity contribution in [2.75, 3.05) is 6.54 Å². The van der Waals surface area contributed by atoms with Crippen LogP contribution in [0.2, 0.25) is 0 Å². The number of benzene rings is 1. The molecule has 1 aromatic rings. The van der Waals surface area contributed by atoms with Crippen molar-refractivity contribution < 1.29 is 9.59 Å². The second-order valence-electron chi connectivity index (χ2n) is 4.92. The summed E-state index contributed by atoms with van der Waals surface area (Å²) in [4.78, 5) is 24.2. The average molecular weight is 276 g/mol. The SMILES string of the molecule is CCCCC(C)NC(=O)c1ccccc1C(=O)NCC. The van der Waals surface area contributed by atoms with Gasteiger partial charge >= 0.3 is 0 Å². The fourth-order valence-electron chi connectivity index (χ4n) is 2.02. The van der Waals surface area contributed by atoms with Gasteiger partial charge in [0.1, 0.15) is 0 Å². The first kappa shape index (κ1) is 16.2. The molecule has 0 heterocycles. The molecule has 0 fully saturated rings. The first-order chi connectivity index (χ1) is 9.60. The zero-order chi connectivity index (χ0) is 15.0. The summed E-state index contributed by atoms with van der Waals surface area (Å²) in [7, 11) is 0. The minimum Gasteiger partial charge on any atom is -0.352 e. The van der Waals surface area contributed by atoms with E-state index in [2.05, 4.69) is 17.6 Å². The van der Waals surface area contributed by atoms with Crippen LogP contribution in [0.1, 0.15) is 60.7 Å². The Labute approximate surface area is 121 Å². The van der Waals surface area contributed by atoms with Crippen LogP contribution in [0.3, 0.4) is 0 Å². The second kappa shape index (κ2) is 8.35. The molecule has 0 aliphatic heterocycles. The normalized spacial score (nSPS) is 11.8. The van der Waals surface area contributed by atoms with E-state index >= 15 is 0 Å². The van der Waals surface area contributed by atoms with Gasteiger partial charge in [0, 0.05) is 12.6 Å². The predicted molar refractivity (Wildman–Crippen MR) is 80.9 cm³/mol. The monoisotopic (exact) mass is 276 g/mol. The lowest BCUT2D eigenvalue weighted by Gasteiger charge is -2.15. The van der Waals surface area contributed by atoms with E-state index in [9.17, 15) is 9.59 Å². The third kappa shape index (κ3) is 4.68. The van der Waals surface area contributed by atoms with Gasteiger partial charge < -0.3 is 10.6 Å². The Bertz CT molecular complexity index is 458. The van der Waals surface area contributed by atoms with E-state index in [-0.39, 0.29) is 17.9 Å². The Morgan fingerprint density at radius 1 is 1.10 bits per heavy atom. The van der Waals surface area contributed by atoms with E-state index in [4.69, 9.17) is 0 Å². The van der Waals surface area contributed by atoms with E-state index in [0.29, 0.717) is 17.7 Å². The van der Waals surface area contributed by atoms with Crippen molar-refractivity contribution in [3.8, 4) is 0 Å². The molecule has 1 aromatic carbocycles. The third-order valence-electron chi connectivity index (χ3n) is 3.12. The molecule has 2 N–H and O–H groups in total. The zero-order valence-electron chi connectivity index (χ0n) is 12.5. The van der Waals surface area contributed by atoms with Crippen molar-refractivity contribution in [1.29, 1.82) is 0 Å². The van der Waals surface area contributed by atoms with Crippen LogP contribution in [0.4, 0.5) is 0 Å². The number of amides is 2. The van der Waals surface area contributed by atoms with E-state index in [1.165, 1.54) is 0 Å². The van der Waals surface area contributed by atoms with Crippen molar-refractivity contribution in [3.63, 3.8) is 0 Å². The maximum Gasteiger partial charge on any atom is 0.252 e. The summed E-state index contributed by atoms with van der Waals surface area (Å²) >= 11 is 0. The van der Waals surface area contributed by atoms with E-state index in [0.717, 1.165) is 19.3 Å². The minimum atomic E-state index is -0.209. The highest BCUT2D eigenvalue weighted by Gasteiger charge is 2.17. The Morgan fingerprint density at radius 3 is 2.25 bits per heavy atom. The molecule has 4 heteroatoms. The number of nitrogens with one attached hydrogen (secondary N) is 2. The van der Waals surface area contributed by atoms with Crippen molar-refractivity contribution in [1.82, 2.24) is 10.6 Å². The van der Waals surface area contributed by atoms with E-state index in [1.54, 1.807) is 24.3 Å². The van der Waals surface area contributed by atoms with Gasteiger partial charge in [0.15, 0.2) is 0 Å². The number of carbonyl (C=O) groups excluding carboxylic acids is 2. The van der Waals surface area contributed by atoms with Gasteiger partial charge in [-0.3, -0.25) is 9.59 Å². The Hall–Kier alpha value is -1.84. The molecule has 2 amide bonds. The molecule has 1 atom stereocenters. The van der Waals surface area contributed by atoms with Gasteiger partial charge in [-0.1, -0.05) is 31.9 Å². The Morgan fingerprint density at radius 2 is 1.70 bits per heavy atom. The van der Waals surface area contributed by atoms with Gasteiger partial charge in [0.25, 0.3) is 11.8 Å². The molecule has 0 spiro atoms. The van der Waals surface area contributed by atoms with Crippen molar-refractivity contribution in [3.05, 3.63) is 35.4 Å². The average Bonchev–Trinajstić information content (AvgIpc) is 2.45. The first-order valence-corrected chi connectivity index (χ1v) is 7.28. The van der Waals surface area contributed by atoms with Gasteiger partial charge in [0.05, 0.1) is 11.1 Å². The maximum absolute atomic E-state index is 12.3. The largest absolute Gasteiger partial charge is 0.352 e. The quantitative estimate of drug-likeness (QED) is 0.804. The molecule has 0 radical (unpaired) electrons. The van der Waals surface area contributed by atoms with Crippen LogP contribution in [-0.4, -0.2) is 24.4 Å². The Kier molecular flexibility index (Phi) is 6.77. The predicted octanol–water partition coefficient (Wildman–Crippen LogP) is 2.74. The van der Waals surface area contributed by atoms with Crippen LogP contribution >= 0.6 is 0 Å². The van der Waals surface area contributed by atoms with Gasteiger partial charge in [0.2, 0.25) is 0 Å². The summed E-state index contributed by atoms with van der Waals surface area (Å²) in [6.45, 7) is 6.51. The van der Waals surface area contributed by atoms with Crippen molar-refractivity contribution in [2.45, 2.75) is 46.1 Å². The van der Waals surface area contributed by atoms with Crippen molar-refractivity contribution in [2.24, 2.45) is 0 Å². The van der Waals surface area contributed by atoms with Crippen LogP contribution < -0.4 is 10.6 Å². The summed E-state index contributed by atoms with van der Waals surface area (Å²) in [6.07, 6.45) is 3.14. The summed E-state index contributed by atoms with van der Waals surface area (Å²) in [6, 6.07) is 7.02. The summed E-state index contributed by atoms with van der Waals surface area (Å²) in [5.74, 6) is -0.394. The van der Waals surface area contributed by atoms with Crippen LogP contribution in [0, 0.1) is 0 Å². The molecule has 0 bridgehead atoms. The summed E-state index contributed by atoms with van der Waals surface area (Å²) in [5, 5.41) is 5.68. The molecular weight excluding hydrogens is 252 g/mol. The third-order valence-corrected chi connectivity index (χ3v) is 3.12. The lowest BCUT2D eigenvalue weighted by Crippen LogP contribution is -2.34. The van der Waals surface area contributed by atoms with Gasteiger partial charge in [-0.25, -0.2) is 0 Å². The number of rotatable bonds is 7. The molecule has 20 heavy (non-hydrogen) atoms. The molecule has 0 aliphatic carbocycles. The summed E-state index contributed by atoms with van der Waals surface area (Å²) in [5.41, 5.74) is 0.858. The molecule has 1 unspecified atom stereocenters. The minimum absolute atomic E-state index is 0.116. The fraction of sp³-hybridized carbons (Fsp3) is 0.500. The number of hydrogen-bond acceptors (Lipinski definition) is 2. The van der Waals surface area contributed by atoms with Crippen LogP contribution in [0.15, 0.2) is 24.3 Å². The molecular formula is C16H24N2O2. The second-order valence-corrected chi connectivity index (χ2v) is 4.92. The lowest BCUT2D eigenvalue weighted by molar-refractivity contribution is 0.0911. The van der Waals surface area contributed by atoms with Gasteiger partial charge in [-0.05, 0) is 32.4 Å². The molecule has 1 rings (SSSR count). The summed E-state index contributed by atoms with van der Waals surface area (Å²) < 4.78 is 0. The number of unbranched alkanes of at least 4 members (excludes halogenated alkanes) is 1. The van der Waals surface area contributed by atoms with Crippen LogP contribution in [0.5, 0.6) is 0 Å². The molecule has 0 saturated heterocycles. The zero-order valence-corrected chi connectivity index (χ0v) is 12.5. The highest BCUT2D eigenvalue weighted by atomic mass is 16.2.